The summed E-state index contributed by atoms with van der Waals surface area (Å²) in [7, 11) is 0. The molecule has 1 aromatic rings. The molecule has 1 saturated heterocycles. The van der Waals surface area contributed by atoms with E-state index in [0.717, 1.165) is 18.9 Å². The maximum atomic E-state index is 3.41. The summed E-state index contributed by atoms with van der Waals surface area (Å²) in [6, 6.07) is 9.02. The summed E-state index contributed by atoms with van der Waals surface area (Å²) in [5, 5.41) is 3.41. The Hall–Kier alpha value is -0.820. The number of hydrogen-bond donors (Lipinski definition) is 1. The monoisotopic (exact) mass is 175 g/mol. The topological polar surface area (TPSA) is 12.0 Å². The minimum absolute atomic E-state index is 0.756. The third kappa shape index (κ3) is 1.92. The molecule has 0 bridgehead atoms. The molecule has 1 atom stereocenters. The molecule has 1 heteroatoms. The van der Waals surface area contributed by atoms with E-state index in [1.54, 1.807) is 0 Å². The number of nitrogens with one attached hydrogen (secondary N) is 1. The zero-order valence-corrected chi connectivity index (χ0v) is 8.22. The Kier molecular flexibility index (Phi) is 2.65. The molecule has 0 aliphatic carbocycles. The van der Waals surface area contributed by atoms with E-state index in [1.165, 1.54) is 24.1 Å². The molecule has 0 radical (unpaired) electrons. The van der Waals surface area contributed by atoms with Crippen LogP contribution in [0.1, 0.15) is 30.4 Å². The van der Waals surface area contributed by atoms with Crippen molar-refractivity contribution in [1.29, 1.82) is 0 Å². The second-order valence-electron chi connectivity index (χ2n) is 3.79. The van der Waals surface area contributed by atoms with E-state index in [4.69, 9.17) is 0 Å². The van der Waals surface area contributed by atoms with E-state index >= 15 is 0 Å². The van der Waals surface area contributed by atoms with Gasteiger partial charge in [-0.25, -0.2) is 0 Å². The van der Waals surface area contributed by atoms with Crippen LogP contribution in [-0.4, -0.2) is 13.1 Å². The average molecular weight is 175 g/mol. The first-order valence-electron chi connectivity index (χ1n) is 5.19. The first kappa shape index (κ1) is 8.76. The molecule has 13 heavy (non-hydrogen) atoms. The van der Waals surface area contributed by atoms with Gasteiger partial charge >= 0.3 is 0 Å². The van der Waals surface area contributed by atoms with Crippen LogP contribution in [0, 0.1) is 0 Å². The summed E-state index contributed by atoms with van der Waals surface area (Å²) in [4.78, 5) is 0. The zero-order valence-electron chi connectivity index (χ0n) is 8.22. The quantitative estimate of drug-likeness (QED) is 0.727. The van der Waals surface area contributed by atoms with Gasteiger partial charge in [0.15, 0.2) is 0 Å². The van der Waals surface area contributed by atoms with E-state index in [0.29, 0.717) is 0 Å². The fraction of sp³-hybridized carbons (Fsp3) is 0.500. The predicted octanol–water partition coefficient (Wildman–Crippen LogP) is 2.33. The van der Waals surface area contributed by atoms with Crippen LogP contribution in [0.4, 0.5) is 0 Å². The third-order valence-electron chi connectivity index (χ3n) is 2.89. The van der Waals surface area contributed by atoms with Gasteiger partial charge in [-0.3, -0.25) is 0 Å². The van der Waals surface area contributed by atoms with Crippen LogP contribution in [0.3, 0.4) is 0 Å². The van der Waals surface area contributed by atoms with Crippen molar-refractivity contribution < 1.29 is 0 Å². The maximum Gasteiger partial charge on any atom is 0.00206 e. The van der Waals surface area contributed by atoms with E-state index < -0.39 is 0 Å². The van der Waals surface area contributed by atoms with Crippen LogP contribution in [-0.2, 0) is 6.42 Å². The summed E-state index contributed by atoms with van der Waals surface area (Å²) >= 11 is 0. The molecular weight excluding hydrogens is 158 g/mol. The highest BCUT2D eigenvalue weighted by molar-refractivity contribution is 5.27. The predicted molar refractivity (Wildman–Crippen MR) is 56.0 cm³/mol. The fourth-order valence-corrected chi connectivity index (χ4v) is 2.01. The molecule has 1 aliphatic rings. The van der Waals surface area contributed by atoms with Gasteiger partial charge < -0.3 is 5.32 Å². The number of aryl methyl sites for hydroxylation is 1. The van der Waals surface area contributed by atoms with Gasteiger partial charge in [0.05, 0.1) is 0 Å². The molecule has 0 amide bonds. The van der Waals surface area contributed by atoms with Gasteiger partial charge in [-0.2, -0.15) is 0 Å². The largest absolute Gasteiger partial charge is 0.316 e. The first-order chi connectivity index (χ1) is 6.40. The smallest absolute Gasteiger partial charge is 0.00206 e. The summed E-state index contributed by atoms with van der Waals surface area (Å²) in [5.74, 6) is 0.756. The minimum atomic E-state index is 0.756. The molecular formula is C12H17N. The van der Waals surface area contributed by atoms with Crippen molar-refractivity contribution in [3.63, 3.8) is 0 Å². The van der Waals surface area contributed by atoms with Crippen molar-refractivity contribution in [1.82, 2.24) is 5.32 Å². The summed E-state index contributed by atoms with van der Waals surface area (Å²) < 4.78 is 0. The highest BCUT2D eigenvalue weighted by atomic mass is 14.9. The molecule has 0 aromatic heterocycles. The summed E-state index contributed by atoms with van der Waals surface area (Å²) in [6.45, 7) is 4.56. The van der Waals surface area contributed by atoms with Crippen molar-refractivity contribution in [2.24, 2.45) is 0 Å². The molecule has 1 heterocycles. The minimum Gasteiger partial charge on any atom is -0.316 e. The average Bonchev–Trinajstić information content (AvgIpc) is 2.71. The molecule has 1 aromatic carbocycles. The van der Waals surface area contributed by atoms with Gasteiger partial charge in [-0.15, -0.1) is 0 Å². The molecule has 0 spiro atoms. The van der Waals surface area contributed by atoms with Crippen molar-refractivity contribution in [2.45, 2.75) is 25.7 Å². The van der Waals surface area contributed by atoms with Crippen molar-refractivity contribution in [3.05, 3.63) is 35.4 Å². The molecule has 1 aliphatic heterocycles. The SMILES string of the molecule is CCc1cccc([C@@H]2CCNC2)c1. The van der Waals surface area contributed by atoms with Crippen molar-refractivity contribution >= 4 is 0 Å². The van der Waals surface area contributed by atoms with Crippen LogP contribution < -0.4 is 5.32 Å². The first-order valence-corrected chi connectivity index (χ1v) is 5.19. The lowest BCUT2D eigenvalue weighted by Gasteiger charge is -2.09. The van der Waals surface area contributed by atoms with E-state index in [1.807, 2.05) is 0 Å². The Labute approximate surface area is 80.2 Å². The second kappa shape index (κ2) is 3.93. The Balaban J connectivity index is 2.18. The van der Waals surface area contributed by atoms with E-state index in [2.05, 4.69) is 36.5 Å². The van der Waals surface area contributed by atoms with Gasteiger partial charge in [0.2, 0.25) is 0 Å². The molecule has 1 N–H and O–H groups in total. The Bertz CT molecular complexity index is 274. The maximum absolute atomic E-state index is 3.41. The van der Waals surface area contributed by atoms with Gasteiger partial charge in [-0.1, -0.05) is 31.2 Å². The van der Waals surface area contributed by atoms with Crippen LogP contribution in [0.15, 0.2) is 24.3 Å². The van der Waals surface area contributed by atoms with Crippen LogP contribution in [0.2, 0.25) is 0 Å². The zero-order chi connectivity index (χ0) is 9.10. The van der Waals surface area contributed by atoms with Crippen LogP contribution in [0.25, 0.3) is 0 Å². The number of hydrogen-bond acceptors (Lipinski definition) is 1. The molecule has 2 rings (SSSR count). The Morgan fingerprint density at radius 3 is 3.08 bits per heavy atom. The van der Waals surface area contributed by atoms with Gasteiger partial charge in [0.25, 0.3) is 0 Å². The summed E-state index contributed by atoms with van der Waals surface area (Å²) in [6.07, 6.45) is 2.45. The van der Waals surface area contributed by atoms with E-state index in [-0.39, 0.29) is 0 Å². The van der Waals surface area contributed by atoms with Gasteiger partial charge in [0, 0.05) is 6.54 Å². The fourth-order valence-electron chi connectivity index (χ4n) is 2.01. The number of rotatable bonds is 2. The number of benzene rings is 1. The van der Waals surface area contributed by atoms with Crippen LogP contribution >= 0.6 is 0 Å². The highest BCUT2D eigenvalue weighted by Crippen LogP contribution is 2.22. The third-order valence-corrected chi connectivity index (χ3v) is 2.89. The molecule has 1 fully saturated rings. The highest BCUT2D eigenvalue weighted by Gasteiger charge is 2.15. The summed E-state index contributed by atoms with van der Waals surface area (Å²) in [5.41, 5.74) is 2.98. The lowest BCUT2D eigenvalue weighted by molar-refractivity contribution is 0.761. The molecule has 70 valence electrons. The van der Waals surface area contributed by atoms with E-state index in [9.17, 15) is 0 Å². The second-order valence-corrected chi connectivity index (χ2v) is 3.79. The standard InChI is InChI=1S/C12H17N/c1-2-10-4-3-5-11(8-10)12-6-7-13-9-12/h3-5,8,12-13H,2,6-7,9H2,1H3/t12-/m1/s1. The van der Waals surface area contributed by atoms with Crippen LogP contribution in [0.5, 0.6) is 0 Å². The molecule has 1 nitrogen and oxygen atoms in total. The van der Waals surface area contributed by atoms with Gasteiger partial charge in [0.1, 0.15) is 0 Å². The van der Waals surface area contributed by atoms with Gasteiger partial charge in [-0.05, 0) is 36.4 Å². The van der Waals surface area contributed by atoms with Crippen molar-refractivity contribution in [2.75, 3.05) is 13.1 Å². The Morgan fingerprint density at radius 2 is 2.38 bits per heavy atom. The lowest BCUT2D eigenvalue weighted by atomic mass is 9.96. The molecule has 0 unspecified atom stereocenters. The Morgan fingerprint density at radius 1 is 1.46 bits per heavy atom. The normalized spacial score (nSPS) is 22.1. The van der Waals surface area contributed by atoms with Crippen molar-refractivity contribution in [3.8, 4) is 0 Å². The molecule has 0 saturated carbocycles. The lowest BCUT2D eigenvalue weighted by Crippen LogP contribution is -2.08.